The maximum absolute atomic E-state index is 12.9. The van der Waals surface area contributed by atoms with Gasteiger partial charge in [-0.05, 0) is 29.8 Å². The van der Waals surface area contributed by atoms with Crippen LogP contribution in [-0.4, -0.2) is 37.9 Å². The number of furan rings is 2. The number of benzene rings is 1. The van der Waals surface area contributed by atoms with Crippen LogP contribution in [0.4, 0.5) is 0 Å². The average Bonchev–Trinajstić information content (AvgIpc) is 3.58. The summed E-state index contributed by atoms with van der Waals surface area (Å²) in [6.07, 6.45) is 3.41. The van der Waals surface area contributed by atoms with Crippen LogP contribution in [0.1, 0.15) is 17.7 Å². The predicted molar refractivity (Wildman–Crippen MR) is 118 cm³/mol. The lowest BCUT2D eigenvalue weighted by molar-refractivity contribution is -0.129. The zero-order valence-corrected chi connectivity index (χ0v) is 18.1. The first-order valence-corrected chi connectivity index (χ1v) is 11.0. The number of hydrogen-bond donors (Lipinski definition) is 0. The monoisotopic (exact) mass is 447 g/mol. The van der Waals surface area contributed by atoms with E-state index in [2.05, 4.69) is 16.3 Å². The molecule has 4 aromatic rings. The van der Waals surface area contributed by atoms with Crippen LogP contribution in [0, 0.1) is 11.3 Å². The second kappa shape index (κ2) is 10.5. The van der Waals surface area contributed by atoms with E-state index < -0.39 is 0 Å². The molecule has 0 unspecified atom stereocenters. The van der Waals surface area contributed by atoms with Gasteiger partial charge in [0, 0.05) is 6.54 Å². The van der Waals surface area contributed by atoms with Gasteiger partial charge in [-0.3, -0.25) is 9.36 Å². The van der Waals surface area contributed by atoms with Gasteiger partial charge in [-0.15, -0.1) is 10.2 Å². The fourth-order valence-corrected chi connectivity index (χ4v) is 4.02. The lowest BCUT2D eigenvalue weighted by Gasteiger charge is -2.20. The molecule has 162 valence electrons. The van der Waals surface area contributed by atoms with E-state index >= 15 is 0 Å². The summed E-state index contributed by atoms with van der Waals surface area (Å²) in [6.45, 7) is 1.21. The minimum Gasteiger partial charge on any atom is -0.467 e. The lowest BCUT2D eigenvalue weighted by Crippen LogP contribution is -2.32. The molecule has 0 fully saturated rings. The number of carbonyl (C=O) groups excluding carboxylic acids is 1. The van der Waals surface area contributed by atoms with Crippen LogP contribution in [-0.2, 0) is 17.9 Å². The number of aromatic nitrogens is 3. The molecule has 0 aliphatic heterocycles. The van der Waals surface area contributed by atoms with Crippen molar-refractivity contribution < 1.29 is 13.6 Å². The number of carbonyl (C=O) groups is 1. The normalized spacial score (nSPS) is 10.7. The minimum absolute atomic E-state index is 0.101. The summed E-state index contributed by atoms with van der Waals surface area (Å²) in [5.74, 6) is 1.95. The van der Waals surface area contributed by atoms with Crippen molar-refractivity contribution in [2.45, 2.75) is 24.7 Å². The van der Waals surface area contributed by atoms with Crippen molar-refractivity contribution in [1.29, 1.82) is 5.26 Å². The quantitative estimate of drug-likeness (QED) is 0.336. The van der Waals surface area contributed by atoms with Crippen molar-refractivity contribution in [3.63, 3.8) is 0 Å². The summed E-state index contributed by atoms with van der Waals surface area (Å²) in [7, 11) is 0. The Bertz CT molecular complexity index is 1160. The smallest absolute Gasteiger partial charge is 0.233 e. The Morgan fingerprint density at radius 2 is 1.88 bits per heavy atom. The van der Waals surface area contributed by atoms with Crippen LogP contribution in [0.25, 0.3) is 11.6 Å². The van der Waals surface area contributed by atoms with Crippen molar-refractivity contribution >= 4 is 17.7 Å². The molecule has 0 aliphatic rings. The molecule has 8 nitrogen and oxygen atoms in total. The predicted octanol–water partition coefficient (Wildman–Crippen LogP) is 4.21. The standard InChI is InChI=1S/C23H21N5O3S/c24-11-6-12-27(16-19-9-4-13-30-19)21(29)17-32-23-26-25-22(20-10-5-14-31-20)28(23)15-18-7-2-1-3-8-18/h1-5,7-10,13-14H,6,12,15-17H2. The number of thioether (sulfide) groups is 1. The summed E-state index contributed by atoms with van der Waals surface area (Å²) in [4.78, 5) is 14.6. The summed E-state index contributed by atoms with van der Waals surface area (Å²) in [5, 5.41) is 18.2. The fourth-order valence-electron chi connectivity index (χ4n) is 3.18. The Hall–Kier alpha value is -3.77. The second-order valence-electron chi connectivity index (χ2n) is 6.95. The van der Waals surface area contributed by atoms with E-state index in [4.69, 9.17) is 14.1 Å². The minimum atomic E-state index is -0.101. The van der Waals surface area contributed by atoms with Crippen LogP contribution in [0.3, 0.4) is 0 Å². The molecule has 0 saturated carbocycles. The first-order valence-electron chi connectivity index (χ1n) is 10.1. The first kappa shape index (κ1) is 21.5. The summed E-state index contributed by atoms with van der Waals surface area (Å²) < 4.78 is 12.8. The van der Waals surface area contributed by atoms with Gasteiger partial charge in [-0.2, -0.15) is 5.26 Å². The lowest BCUT2D eigenvalue weighted by atomic mass is 10.2. The molecule has 0 bridgehead atoms. The Morgan fingerprint density at radius 1 is 1.06 bits per heavy atom. The molecule has 0 N–H and O–H groups in total. The maximum atomic E-state index is 12.9. The van der Waals surface area contributed by atoms with Crippen LogP contribution >= 0.6 is 11.8 Å². The number of rotatable bonds is 10. The van der Waals surface area contributed by atoms with Crippen molar-refractivity contribution in [2.75, 3.05) is 12.3 Å². The molecule has 1 amide bonds. The summed E-state index contributed by atoms with van der Waals surface area (Å²) in [5.41, 5.74) is 1.08. The largest absolute Gasteiger partial charge is 0.467 e. The van der Waals surface area contributed by atoms with Gasteiger partial charge in [0.25, 0.3) is 0 Å². The third kappa shape index (κ3) is 5.28. The highest BCUT2D eigenvalue weighted by Gasteiger charge is 2.20. The molecule has 9 heteroatoms. The van der Waals surface area contributed by atoms with Crippen LogP contribution in [0.5, 0.6) is 0 Å². The van der Waals surface area contributed by atoms with E-state index in [9.17, 15) is 4.79 Å². The highest BCUT2D eigenvalue weighted by atomic mass is 32.2. The average molecular weight is 448 g/mol. The number of nitriles is 1. The fraction of sp³-hybridized carbons (Fsp3) is 0.217. The van der Waals surface area contributed by atoms with Crippen molar-refractivity contribution in [2.24, 2.45) is 0 Å². The Labute approximate surface area is 189 Å². The van der Waals surface area contributed by atoms with Gasteiger partial charge in [0.2, 0.25) is 11.7 Å². The van der Waals surface area contributed by atoms with E-state index in [1.54, 1.807) is 29.6 Å². The molecule has 32 heavy (non-hydrogen) atoms. The van der Waals surface area contributed by atoms with Gasteiger partial charge >= 0.3 is 0 Å². The van der Waals surface area contributed by atoms with Gasteiger partial charge < -0.3 is 13.7 Å². The number of amides is 1. The van der Waals surface area contributed by atoms with Crippen molar-refractivity contribution in [3.8, 4) is 17.7 Å². The van der Waals surface area contributed by atoms with Crippen LogP contribution in [0.2, 0.25) is 0 Å². The summed E-state index contributed by atoms with van der Waals surface area (Å²) in [6, 6.07) is 19.3. The highest BCUT2D eigenvalue weighted by molar-refractivity contribution is 7.99. The molecule has 0 saturated heterocycles. The first-order chi connectivity index (χ1) is 15.7. The van der Waals surface area contributed by atoms with Gasteiger partial charge in [-0.1, -0.05) is 42.1 Å². The van der Waals surface area contributed by atoms with Gasteiger partial charge in [0.05, 0.1) is 43.9 Å². The summed E-state index contributed by atoms with van der Waals surface area (Å²) >= 11 is 1.31. The molecule has 1 aromatic carbocycles. The third-order valence-corrected chi connectivity index (χ3v) is 5.69. The van der Waals surface area contributed by atoms with E-state index in [1.807, 2.05) is 47.0 Å². The Balaban J connectivity index is 1.51. The molecule has 3 aromatic heterocycles. The van der Waals surface area contributed by atoms with E-state index in [-0.39, 0.29) is 18.1 Å². The van der Waals surface area contributed by atoms with Crippen molar-refractivity contribution in [3.05, 3.63) is 78.4 Å². The zero-order chi connectivity index (χ0) is 22.2. The van der Waals surface area contributed by atoms with Crippen LogP contribution < -0.4 is 0 Å². The second-order valence-corrected chi connectivity index (χ2v) is 7.89. The van der Waals surface area contributed by atoms with E-state index in [1.165, 1.54) is 11.8 Å². The van der Waals surface area contributed by atoms with E-state index in [0.29, 0.717) is 42.1 Å². The Morgan fingerprint density at radius 3 is 2.59 bits per heavy atom. The molecular weight excluding hydrogens is 426 g/mol. The highest BCUT2D eigenvalue weighted by Crippen LogP contribution is 2.26. The maximum Gasteiger partial charge on any atom is 0.233 e. The van der Waals surface area contributed by atoms with E-state index in [0.717, 1.165) is 5.56 Å². The van der Waals surface area contributed by atoms with Gasteiger partial charge in [0.1, 0.15) is 5.76 Å². The molecule has 3 heterocycles. The zero-order valence-electron chi connectivity index (χ0n) is 17.3. The topological polar surface area (TPSA) is 101 Å². The SMILES string of the molecule is N#CCCN(Cc1ccco1)C(=O)CSc1nnc(-c2ccco2)n1Cc1ccccc1. The third-order valence-electron chi connectivity index (χ3n) is 4.74. The molecule has 0 atom stereocenters. The number of hydrogen-bond acceptors (Lipinski definition) is 7. The van der Waals surface area contributed by atoms with Crippen LogP contribution in [0.15, 0.2) is 81.1 Å². The van der Waals surface area contributed by atoms with Gasteiger partial charge in [-0.25, -0.2) is 0 Å². The van der Waals surface area contributed by atoms with Gasteiger partial charge in [0.15, 0.2) is 10.9 Å². The molecular formula is C23H21N5O3S. The molecule has 4 rings (SSSR count). The number of nitrogens with zero attached hydrogens (tertiary/aromatic N) is 5. The van der Waals surface area contributed by atoms with Crippen molar-refractivity contribution in [1.82, 2.24) is 19.7 Å². The molecule has 0 radical (unpaired) electrons. The molecule has 0 aliphatic carbocycles. The molecule has 0 spiro atoms. The Kier molecular flexibility index (Phi) is 7.05.